The van der Waals surface area contributed by atoms with Crippen molar-refractivity contribution in [3.05, 3.63) is 153 Å². The van der Waals surface area contributed by atoms with Crippen molar-refractivity contribution in [3.63, 3.8) is 0 Å². The van der Waals surface area contributed by atoms with Crippen LogP contribution in [0.1, 0.15) is 105 Å². The van der Waals surface area contributed by atoms with Crippen molar-refractivity contribution in [1.82, 2.24) is 34.3 Å². The highest BCUT2D eigenvalue weighted by atomic mass is 16.5. The van der Waals surface area contributed by atoms with Gasteiger partial charge in [-0.3, -0.25) is 28.6 Å². The molecule has 0 unspecified atom stereocenters. The highest BCUT2D eigenvalue weighted by molar-refractivity contribution is 6.07. The number of aromatic nitrogens is 4. The standard InChI is InChI=1S/C29H35N5O3.C28H34N4O2/c1-21-17-24(9-10-28(21)37-16-6-11-32-12-14-33(15-13-32)22(2)35)29(36)34-20-25-19-30-31(3)27(25)18-23-7-4-5-8-26(23)34;1-21-17-23(11-12-27(21)34-16-8-15-31-13-6-3-7-14-31)28(33)32-20-24-19-29-30(2)26(24)18-22-9-4-5-10-25(22)32/h4-5,7-10,17,19H,6,11-16,18,20H2,1-3H3;4-5,9-12,17,19H,3,6-8,13-16,18,20H2,1-2H3. The molecule has 0 spiro atoms. The molecule has 2 fully saturated rings. The number of fused-ring (bicyclic) bond motifs is 4. The first-order valence-corrected chi connectivity index (χ1v) is 25.5. The van der Waals surface area contributed by atoms with Gasteiger partial charge in [-0.2, -0.15) is 10.2 Å². The Balaban J connectivity index is 0.000000176. The van der Waals surface area contributed by atoms with Crippen LogP contribution in [0.5, 0.6) is 11.5 Å². The van der Waals surface area contributed by atoms with Crippen molar-refractivity contribution in [1.29, 1.82) is 0 Å². The fourth-order valence-corrected chi connectivity index (χ4v) is 10.4. The first-order valence-electron chi connectivity index (χ1n) is 25.5. The molecule has 14 heteroatoms. The molecule has 0 saturated carbocycles. The number of para-hydroxylation sites is 2. The third-order valence-corrected chi connectivity index (χ3v) is 14.6. The molecular formula is C57H69N9O5. The molecule has 6 aromatic rings. The third kappa shape index (κ3) is 11.6. The zero-order valence-electron chi connectivity index (χ0n) is 42.2. The van der Waals surface area contributed by atoms with E-state index in [4.69, 9.17) is 9.47 Å². The van der Waals surface area contributed by atoms with Crippen LogP contribution in [0.4, 0.5) is 11.4 Å². The lowest BCUT2D eigenvalue weighted by Gasteiger charge is -2.34. The van der Waals surface area contributed by atoms with Crippen LogP contribution < -0.4 is 19.3 Å². The minimum Gasteiger partial charge on any atom is -0.493 e. The van der Waals surface area contributed by atoms with Crippen molar-refractivity contribution in [2.24, 2.45) is 14.1 Å². The molecule has 2 aromatic heterocycles. The number of ether oxygens (including phenoxy) is 2. The van der Waals surface area contributed by atoms with Gasteiger partial charge in [0.15, 0.2) is 0 Å². The van der Waals surface area contributed by atoms with Gasteiger partial charge in [-0.25, -0.2) is 0 Å². The Bertz CT molecular complexity index is 2840. The summed E-state index contributed by atoms with van der Waals surface area (Å²) in [7, 11) is 3.92. The van der Waals surface area contributed by atoms with Crippen LogP contribution in [0.15, 0.2) is 97.3 Å². The monoisotopic (exact) mass is 960 g/mol. The molecule has 4 aliphatic heterocycles. The summed E-state index contributed by atoms with van der Waals surface area (Å²) >= 11 is 0. The molecule has 0 atom stereocenters. The second-order valence-electron chi connectivity index (χ2n) is 19.5. The van der Waals surface area contributed by atoms with Crippen LogP contribution >= 0.6 is 0 Å². The van der Waals surface area contributed by atoms with Gasteiger partial charge in [0.25, 0.3) is 11.8 Å². The second kappa shape index (κ2) is 22.5. The first-order chi connectivity index (χ1) is 34.5. The first kappa shape index (κ1) is 49.2. The average Bonchev–Trinajstić information content (AvgIpc) is 3.78. The molecule has 372 valence electrons. The third-order valence-electron chi connectivity index (χ3n) is 14.6. The Morgan fingerprint density at radius 3 is 1.45 bits per heavy atom. The van der Waals surface area contributed by atoms with Crippen molar-refractivity contribution in [2.75, 3.05) is 75.4 Å². The maximum Gasteiger partial charge on any atom is 0.258 e. The number of carbonyl (C=O) groups excluding carboxylic acids is 3. The van der Waals surface area contributed by atoms with Gasteiger partial charge in [-0.15, -0.1) is 0 Å². The molecule has 3 amide bonds. The zero-order valence-corrected chi connectivity index (χ0v) is 42.2. The fourth-order valence-electron chi connectivity index (χ4n) is 10.4. The number of piperazine rings is 1. The molecule has 4 aromatic carbocycles. The molecule has 4 aliphatic rings. The van der Waals surface area contributed by atoms with E-state index >= 15 is 0 Å². The average molecular weight is 960 g/mol. The summed E-state index contributed by atoms with van der Waals surface area (Å²) in [4.78, 5) is 49.5. The minimum absolute atomic E-state index is 0.00361. The summed E-state index contributed by atoms with van der Waals surface area (Å²) in [6, 6.07) is 27.8. The summed E-state index contributed by atoms with van der Waals surface area (Å²) in [5.41, 5.74) is 11.9. The smallest absolute Gasteiger partial charge is 0.258 e. The molecule has 14 nitrogen and oxygen atoms in total. The summed E-state index contributed by atoms with van der Waals surface area (Å²) in [5, 5.41) is 8.85. The molecule has 0 N–H and O–H groups in total. The van der Waals surface area contributed by atoms with Gasteiger partial charge < -0.3 is 29.1 Å². The molecular weight excluding hydrogens is 891 g/mol. The van der Waals surface area contributed by atoms with Crippen LogP contribution in [0, 0.1) is 13.8 Å². The predicted molar refractivity (Wildman–Crippen MR) is 278 cm³/mol. The van der Waals surface area contributed by atoms with E-state index < -0.39 is 0 Å². The summed E-state index contributed by atoms with van der Waals surface area (Å²) in [6.07, 6.45) is 11.2. The number of piperidine rings is 1. The highest BCUT2D eigenvalue weighted by Gasteiger charge is 2.29. The predicted octanol–water partition coefficient (Wildman–Crippen LogP) is 8.15. The number of aryl methyl sites for hydroxylation is 4. The van der Waals surface area contributed by atoms with Crippen LogP contribution in [0.2, 0.25) is 0 Å². The quantitative estimate of drug-likeness (QED) is 0.112. The van der Waals surface area contributed by atoms with Crippen molar-refractivity contribution in [2.45, 2.75) is 78.8 Å². The van der Waals surface area contributed by atoms with Crippen molar-refractivity contribution >= 4 is 29.1 Å². The highest BCUT2D eigenvalue weighted by Crippen LogP contribution is 2.34. The normalized spacial score (nSPS) is 15.8. The fraction of sp³-hybridized carbons (Fsp3) is 0.421. The molecule has 0 bridgehead atoms. The maximum atomic E-state index is 13.7. The molecule has 6 heterocycles. The Morgan fingerprint density at radius 1 is 0.549 bits per heavy atom. The summed E-state index contributed by atoms with van der Waals surface area (Å²) in [6.45, 7) is 15.9. The molecule has 2 saturated heterocycles. The number of rotatable bonds is 12. The van der Waals surface area contributed by atoms with E-state index in [2.05, 4.69) is 32.1 Å². The number of hydrogen-bond donors (Lipinski definition) is 0. The number of benzene rings is 4. The van der Waals surface area contributed by atoms with E-state index in [0.29, 0.717) is 37.4 Å². The van der Waals surface area contributed by atoms with E-state index in [0.717, 1.165) is 133 Å². The minimum atomic E-state index is -0.0245. The summed E-state index contributed by atoms with van der Waals surface area (Å²) < 4.78 is 16.0. The van der Waals surface area contributed by atoms with E-state index in [-0.39, 0.29) is 17.7 Å². The molecule has 10 rings (SSSR count). The van der Waals surface area contributed by atoms with Crippen LogP contribution in [-0.2, 0) is 44.8 Å². The largest absolute Gasteiger partial charge is 0.493 e. The molecule has 0 radical (unpaired) electrons. The number of nitrogens with zero attached hydrogens (tertiary/aromatic N) is 9. The Kier molecular flexibility index (Phi) is 15.6. The van der Waals surface area contributed by atoms with Gasteiger partial charge in [-0.05, 0) is 123 Å². The Morgan fingerprint density at radius 2 is 1.00 bits per heavy atom. The number of carbonyl (C=O) groups is 3. The van der Waals surface area contributed by atoms with E-state index in [1.54, 1.807) is 6.92 Å². The van der Waals surface area contributed by atoms with Gasteiger partial charge >= 0.3 is 0 Å². The van der Waals surface area contributed by atoms with Gasteiger partial charge in [0, 0.05) is 118 Å². The van der Waals surface area contributed by atoms with Gasteiger partial charge in [-0.1, -0.05) is 42.8 Å². The van der Waals surface area contributed by atoms with Crippen molar-refractivity contribution in [3.8, 4) is 11.5 Å². The lowest BCUT2D eigenvalue weighted by Crippen LogP contribution is -2.48. The summed E-state index contributed by atoms with van der Waals surface area (Å²) in [5.74, 6) is 1.81. The lowest BCUT2D eigenvalue weighted by molar-refractivity contribution is -0.130. The lowest BCUT2D eigenvalue weighted by atomic mass is 10.1. The van der Waals surface area contributed by atoms with Gasteiger partial charge in [0.05, 0.1) is 38.7 Å². The molecule has 0 aliphatic carbocycles. The van der Waals surface area contributed by atoms with Crippen LogP contribution in [0.3, 0.4) is 0 Å². The van der Waals surface area contributed by atoms with E-state index in [1.807, 2.05) is 137 Å². The maximum absolute atomic E-state index is 13.7. The number of likely N-dealkylation sites (tertiary alicyclic amines) is 1. The second-order valence-corrected chi connectivity index (χ2v) is 19.5. The van der Waals surface area contributed by atoms with Gasteiger partial charge in [0.1, 0.15) is 11.5 Å². The van der Waals surface area contributed by atoms with Crippen molar-refractivity contribution < 1.29 is 23.9 Å². The van der Waals surface area contributed by atoms with E-state index in [1.165, 1.54) is 32.4 Å². The van der Waals surface area contributed by atoms with Gasteiger partial charge in [0.2, 0.25) is 5.91 Å². The van der Waals surface area contributed by atoms with Crippen LogP contribution in [-0.4, -0.2) is 118 Å². The topological polar surface area (TPSA) is 122 Å². The van der Waals surface area contributed by atoms with E-state index in [9.17, 15) is 14.4 Å². The Labute approximate surface area is 418 Å². The number of amides is 3. The number of anilines is 2. The SMILES string of the molecule is CC(=O)N1CCN(CCCOc2ccc(C(=O)N3Cc4cnn(C)c4Cc4ccccc43)cc2C)CC1.Cc1cc(C(=O)N2Cc3cnn(C)c3Cc3ccccc32)ccc1OCCCN1CCCCC1. The number of hydrogen-bond acceptors (Lipinski definition) is 9. The molecule has 71 heavy (non-hydrogen) atoms. The Hall–Kier alpha value is -6.77. The zero-order chi connectivity index (χ0) is 49.4. The van der Waals surface area contributed by atoms with Crippen LogP contribution in [0.25, 0.3) is 0 Å².